The van der Waals surface area contributed by atoms with Gasteiger partial charge < -0.3 is 10.6 Å². The van der Waals surface area contributed by atoms with Gasteiger partial charge in [0.1, 0.15) is 0 Å². The van der Waals surface area contributed by atoms with E-state index in [0.717, 1.165) is 31.6 Å². The molecular weight excluding hydrogens is 236 g/mol. The van der Waals surface area contributed by atoms with Gasteiger partial charge >= 0.3 is 0 Å². The number of rotatable bonds is 3. The maximum Gasteiger partial charge on any atom is 0.251 e. The Balaban J connectivity index is 1.92. The second-order valence-corrected chi connectivity index (χ2v) is 4.94. The molecule has 4 heteroatoms. The number of halogens is 1. The summed E-state index contributed by atoms with van der Waals surface area (Å²) in [4.78, 5) is 11.9. The average Bonchev–Trinajstić information content (AvgIpc) is 2.82. The van der Waals surface area contributed by atoms with E-state index in [1.54, 1.807) is 6.07 Å². The SMILES string of the molecule is Cc1ccc(C(=O)NCC2CCNC2)cc1Cl. The van der Waals surface area contributed by atoms with E-state index in [9.17, 15) is 4.79 Å². The zero-order chi connectivity index (χ0) is 12.3. The third-order valence-corrected chi connectivity index (χ3v) is 3.55. The lowest BCUT2D eigenvalue weighted by atomic mass is 10.1. The Kier molecular flexibility index (Phi) is 4.02. The van der Waals surface area contributed by atoms with Crippen molar-refractivity contribution < 1.29 is 4.79 Å². The number of nitrogens with one attached hydrogen (secondary N) is 2. The summed E-state index contributed by atoms with van der Waals surface area (Å²) in [5, 5.41) is 6.87. The highest BCUT2D eigenvalue weighted by Gasteiger charge is 2.15. The third-order valence-electron chi connectivity index (χ3n) is 3.15. The van der Waals surface area contributed by atoms with Gasteiger partial charge in [-0.25, -0.2) is 0 Å². The molecule has 1 heterocycles. The van der Waals surface area contributed by atoms with Crippen LogP contribution in [-0.4, -0.2) is 25.5 Å². The highest BCUT2D eigenvalue weighted by atomic mass is 35.5. The second-order valence-electron chi connectivity index (χ2n) is 4.53. The monoisotopic (exact) mass is 252 g/mol. The molecule has 1 atom stereocenters. The summed E-state index contributed by atoms with van der Waals surface area (Å²) in [6.07, 6.45) is 1.13. The van der Waals surface area contributed by atoms with Crippen molar-refractivity contribution in [1.82, 2.24) is 10.6 Å². The van der Waals surface area contributed by atoms with Crippen LogP contribution >= 0.6 is 11.6 Å². The van der Waals surface area contributed by atoms with Crippen LogP contribution < -0.4 is 10.6 Å². The number of hydrogen-bond acceptors (Lipinski definition) is 2. The number of carbonyl (C=O) groups is 1. The Morgan fingerprint density at radius 1 is 1.59 bits per heavy atom. The van der Waals surface area contributed by atoms with Crippen molar-refractivity contribution in [1.29, 1.82) is 0 Å². The van der Waals surface area contributed by atoms with Crippen LogP contribution in [0.4, 0.5) is 0 Å². The van der Waals surface area contributed by atoms with Crippen molar-refractivity contribution in [3.63, 3.8) is 0 Å². The largest absolute Gasteiger partial charge is 0.352 e. The number of carbonyl (C=O) groups excluding carboxylic acids is 1. The molecule has 1 fully saturated rings. The first-order chi connectivity index (χ1) is 8.16. The molecule has 1 aliphatic heterocycles. The quantitative estimate of drug-likeness (QED) is 0.864. The predicted molar refractivity (Wildman–Crippen MR) is 69.5 cm³/mol. The minimum atomic E-state index is -0.0428. The van der Waals surface area contributed by atoms with E-state index in [-0.39, 0.29) is 5.91 Å². The Morgan fingerprint density at radius 3 is 3.06 bits per heavy atom. The van der Waals surface area contributed by atoms with Crippen LogP contribution in [0.3, 0.4) is 0 Å². The molecule has 0 aromatic heterocycles. The number of aryl methyl sites for hydroxylation is 1. The Hall–Kier alpha value is -1.06. The number of amides is 1. The summed E-state index contributed by atoms with van der Waals surface area (Å²) in [5.74, 6) is 0.513. The van der Waals surface area contributed by atoms with Crippen molar-refractivity contribution in [3.8, 4) is 0 Å². The molecule has 0 spiro atoms. The summed E-state index contributed by atoms with van der Waals surface area (Å²) >= 11 is 6.00. The first kappa shape index (κ1) is 12.4. The van der Waals surface area contributed by atoms with E-state index in [1.807, 2.05) is 19.1 Å². The zero-order valence-electron chi connectivity index (χ0n) is 9.92. The molecule has 1 aromatic rings. The summed E-state index contributed by atoms with van der Waals surface area (Å²) in [7, 11) is 0. The van der Waals surface area contributed by atoms with Gasteiger partial charge in [-0.3, -0.25) is 4.79 Å². The Bertz CT molecular complexity index is 414. The molecule has 1 aliphatic rings. The van der Waals surface area contributed by atoms with Crippen LogP contribution in [0.1, 0.15) is 22.3 Å². The van der Waals surface area contributed by atoms with Crippen molar-refractivity contribution in [3.05, 3.63) is 34.3 Å². The van der Waals surface area contributed by atoms with Crippen molar-refractivity contribution in [2.45, 2.75) is 13.3 Å². The molecule has 92 valence electrons. The lowest BCUT2D eigenvalue weighted by Crippen LogP contribution is -2.30. The number of hydrogen-bond donors (Lipinski definition) is 2. The van der Waals surface area contributed by atoms with Crippen LogP contribution in [-0.2, 0) is 0 Å². The van der Waals surface area contributed by atoms with Crippen LogP contribution in [0.25, 0.3) is 0 Å². The standard InChI is InChI=1S/C13H17ClN2O/c1-9-2-3-11(6-12(9)14)13(17)16-8-10-4-5-15-7-10/h2-3,6,10,15H,4-5,7-8H2,1H3,(H,16,17). The molecule has 2 N–H and O–H groups in total. The van der Waals surface area contributed by atoms with Gasteiger partial charge in [-0.05, 0) is 50.0 Å². The molecule has 1 amide bonds. The lowest BCUT2D eigenvalue weighted by molar-refractivity contribution is 0.0948. The van der Waals surface area contributed by atoms with E-state index >= 15 is 0 Å². The van der Waals surface area contributed by atoms with Gasteiger partial charge in [0.2, 0.25) is 0 Å². The van der Waals surface area contributed by atoms with Crippen LogP contribution in [0.15, 0.2) is 18.2 Å². The topological polar surface area (TPSA) is 41.1 Å². The fraction of sp³-hybridized carbons (Fsp3) is 0.462. The number of benzene rings is 1. The van der Waals surface area contributed by atoms with E-state index in [0.29, 0.717) is 16.5 Å². The molecule has 2 rings (SSSR count). The van der Waals surface area contributed by atoms with Crippen molar-refractivity contribution >= 4 is 17.5 Å². The predicted octanol–water partition coefficient (Wildman–Crippen LogP) is 1.99. The fourth-order valence-corrected chi connectivity index (χ4v) is 2.14. The van der Waals surface area contributed by atoms with E-state index in [1.165, 1.54) is 0 Å². The van der Waals surface area contributed by atoms with Crippen molar-refractivity contribution in [2.75, 3.05) is 19.6 Å². The smallest absolute Gasteiger partial charge is 0.251 e. The fourth-order valence-electron chi connectivity index (χ4n) is 1.96. The average molecular weight is 253 g/mol. The molecular formula is C13H17ClN2O. The minimum absolute atomic E-state index is 0.0428. The second kappa shape index (κ2) is 5.52. The van der Waals surface area contributed by atoms with Crippen LogP contribution in [0.2, 0.25) is 5.02 Å². The van der Waals surface area contributed by atoms with Crippen LogP contribution in [0.5, 0.6) is 0 Å². The molecule has 3 nitrogen and oxygen atoms in total. The summed E-state index contributed by atoms with van der Waals surface area (Å²) in [6.45, 7) is 4.71. The maximum atomic E-state index is 11.9. The first-order valence-electron chi connectivity index (χ1n) is 5.92. The highest BCUT2D eigenvalue weighted by Crippen LogP contribution is 2.16. The third kappa shape index (κ3) is 3.20. The summed E-state index contributed by atoms with van der Waals surface area (Å²) in [6, 6.07) is 5.40. The first-order valence-corrected chi connectivity index (χ1v) is 6.29. The molecule has 0 aliphatic carbocycles. The summed E-state index contributed by atoms with van der Waals surface area (Å²) in [5.41, 5.74) is 1.62. The molecule has 0 radical (unpaired) electrons. The van der Waals surface area contributed by atoms with Gasteiger partial charge in [0.15, 0.2) is 0 Å². The Morgan fingerprint density at radius 2 is 2.41 bits per heavy atom. The van der Waals surface area contributed by atoms with Crippen molar-refractivity contribution in [2.24, 2.45) is 5.92 Å². The molecule has 1 aromatic carbocycles. The normalized spacial score (nSPS) is 19.3. The van der Waals surface area contributed by atoms with Gasteiger partial charge in [0, 0.05) is 17.1 Å². The van der Waals surface area contributed by atoms with E-state index in [4.69, 9.17) is 11.6 Å². The zero-order valence-corrected chi connectivity index (χ0v) is 10.7. The Labute approximate surface area is 107 Å². The molecule has 1 saturated heterocycles. The van der Waals surface area contributed by atoms with E-state index < -0.39 is 0 Å². The van der Waals surface area contributed by atoms with Gasteiger partial charge in [-0.1, -0.05) is 17.7 Å². The van der Waals surface area contributed by atoms with E-state index in [2.05, 4.69) is 10.6 Å². The molecule has 0 saturated carbocycles. The minimum Gasteiger partial charge on any atom is -0.352 e. The molecule has 0 bridgehead atoms. The van der Waals surface area contributed by atoms with Gasteiger partial charge in [-0.15, -0.1) is 0 Å². The van der Waals surface area contributed by atoms with Crippen LogP contribution in [0, 0.1) is 12.8 Å². The lowest BCUT2D eigenvalue weighted by Gasteiger charge is -2.10. The van der Waals surface area contributed by atoms with Gasteiger partial charge in [-0.2, -0.15) is 0 Å². The summed E-state index contributed by atoms with van der Waals surface area (Å²) < 4.78 is 0. The van der Waals surface area contributed by atoms with Gasteiger partial charge in [0.05, 0.1) is 0 Å². The molecule has 1 unspecified atom stereocenters. The highest BCUT2D eigenvalue weighted by molar-refractivity contribution is 6.31. The maximum absolute atomic E-state index is 11.9. The van der Waals surface area contributed by atoms with Gasteiger partial charge in [0.25, 0.3) is 5.91 Å². The molecule has 17 heavy (non-hydrogen) atoms.